The van der Waals surface area contributed by atoms with Gasteiger partial charge in [0.05, 0.1) is 0 Å². The van der Waals surface area contributed by atoms with Crippen LogP contribution in [0.5, 0.6) is 5.75 Å². The molecule has 8 heteroatoms. The van der Waals surface area contributed by atoms with Crippen molar-refractivity contribution in [3.8, 4) is 5.75 Å². The topological polar surface area (TPSA) is 64.1 Å². The predicted octanol–water partition coefficient (Wildman–Crippen LogP) is 3.43. The molecular formula is C12H12BrN3O2S2. The van der Waals surface area contributed by atoms with E-state index in [1.54, 1.807) is 23.9 Å². The summed E-state index contributed by atoms with van der Waals surface area (Å²) < 4.78 is 7.13. The zero-order valence-corrected chi connectivity index (χ0v) is 13.8. The number of anilines is 1. The Morgan fingerprint density at radius 2 is 2.35 bits per heavy atom. The predicted molar refractivity (Wildman–Crippen MR) is 84.6 cm³/mol. The average Bonchev–Trinajstić information content (AvgIpc) is 2.84. The van der Waals surface area contributed by atoms with E-state index < -0.39 is 0 Å². The summed E-state index contributed by atoms with van der Waals surface area (Å²) >= 11 is 6.29. The van der Waals surface area contributed by atoms with Gasteiger partial charge in [0.15, 0.2) is 10.9 Å². The molecule has 0 aliphatic rings. The number of nitrogens with one attached hydrogen (secondary N) is 1. The SMILES string of the molecule is CCSc1nnc(NC(=O)COc2cccc(Br)c2)s1. The molecule has 0 saturated heterocycles. The second-order valence-corrected chi connectivity index (χ2v) is 7.00. The van der Waals surface area contributed by atoms with Crippen LogP contribution in [-0.2, 0) is 4.79 Å². The zero-order valence-electron chi connectivity index (χ0n) is 10.6. The van der Waals surface area contributed by atoms with Crippen LogP contribution < -0.4 is 10.1 Å². The summed E-state index contributed by atoms with van der Waals surface area (Å²) in [6.07, 6.45) is 0. The van der Waals surface area contributed by atoms with Crippen molar-refractivity contribution in [1.82, 2.24) is 10.2 Å². The highest BCUT2D eigenvalue weighted by molar-refractivity contribution is 9.10. The number of amides is 1. The van der Waals surface area contributed by atoms with Crippen molar-refractivity contribution < 1.29 is 9.53 Å². The minimum Gasteiger partial charge on any atom is -0.484 e. The Kier molecular flexibility index (Phi) is 5.81. The lowest BCUT2D eigenvalue weighted by atomic mass is 10.3. The number of carbonyl (C=O) groups excluding carboxylic acids is 1. The molecule has 0 aliphatic heterocycles. The highest BCUT2D eigenvalue weighted by Crippen LogP contribution is 2.25. The molecule has 0 saturated carbocycles. The molecule has 1 aromatic heterocycles. The van der Waals surface area contributed by atoms with Crippen molar-refractivity contribution in [2.24, 2.45) is 0 Å². The molecule has 0 aliphatic carbocycles. The van der Waals surface area contributed by atoms with Crippen LogP contribution in [0.2, 0.25) is 0 Å². The number of hydrogen-bond donors (Lipinski definition) is 1. The van der Waals surface area contributed by atoms with E-state index in [-0.39, 0.29) is 12.5 Å². The first kappa shape index (κ1) is 15.3. The average molecular weight is 374 g/mol. The summed E-state index contributed by atoms with van der Waals surface area (Å²) in [4.78, 5) is 11.7. The Balaban J connectivity index is 1.82. The Bertz CT molecular complexity index is 592. The molecule has 0 atom stereocenters. The lowest BCUT2D eigenvalue weighted by Gasteiger charge is -2.05. The summed E-state index contributed by atoms with van der Waals surface area (Å²) in [5, 5.41) is 11.0. The molecule has 5 nitrogen and oxygen atoms in total. The molecule has 1 heterocycles. The van der Waals surface area contributed by atoms with Crippen LogP contribution in [0.25, 0.3) is 0 Å². The summed E-state index contributed by atoms with van der Waals surface area (Å²) in [6, 6.07) is 7.32. The Morgan fingerprint density at radius 3 is 3.10 bits per heavy atom. The van der Waals surface area contributed by atoms with E-state index in [1.165, 1.54) is 11.3 Å². The van der Waals surface area contributed by atoms with Gasteiger partial charge in [-0.15, -0.1) is 10.2 Å². The first-order valence-corrected chi connectivity index (χ1v) is 8.41. The molecular weight excluding hydrogens is 362 g/mol. The molecule has 0 fully saturated rings. The van der Waals surface area contributed by atoms with Gasteiger partial charge in [0.1, 0.15) is 5.75 Å². The van der Waals surface area contributed by atoms with Gasteiger partial charge in [-0.1, -0.05) is 52.0 Å². The zero-order chi connectivity index (χ0) is 14.4. The van der Waals surface area contributed by atoms with Crippen molar-refractivity contribution in [1.29, 1.82) is 0 Å². The third kappa shape index (κ3) is 4.77. The normalized spacial score (nSPS) is 10.3. The number of thioether (sulfide) groups is 1. The molecule has 20 heavy (non-hydrogen) atoms. The molecule has 2 aromatic rings. The number of nitrogens with zero attached hydrogens (tertiary/aromatic N) is 2. The fraction of sp³-hybridized carbons (Fsp3) is 0.250. The van der Waals surface area contributed by atoms with Gasteiger partial charge in [-0.2, -0.15) is 0 Å². The van der Waals surface area contributed by atoms with Crippen LogP contribution in [0.15, 0.2) is 33.1 Å². The van der Waals surface area contributed by atoms with Gasteiger partial charge in [0, 0.05) is 4.47 Å². The number of carbonyl (C=O) groups is 1. The third-order valence-corrected chi connectivity index (χ3v) is 4.43. The fourth-order valence-electron chi connectivity index (χ4n) is 1.30. The molecule has 1 amide bonds. The first-order valence-electron chi connectivity index (χ1n) is 5.82. The largest absolute Gasteiger partial charge is 0.484 e. The Morgan fingerprint density at radius 1 is 1.50 bits per heavy atom. The van der Waals surface area contributed by atoms with E-state index in [0.717, 1.165) is 14.6 Å². The van der Waals surface area contributed by atoms with Gasteiger partial charge < -0.3 is 4.74 Å². The molecule has 0 unspecified atom stereocenters. The molecule has 0 radical (unpaired) electrons. The van der Waals surface area contributed by atoms with Crippen molar-refractivity contribution in [2.75, 3.05) is 17.7 Å². The van der Waals surface area contributed by atoms with Crippen LogP contribution in [0.4, 0.5) is 5.13 Å². The second kappa shape index (κ2) is 7.61. The number of rotatable bonds is 6. The van der Waals surface area contributed by atoms with Crippen LogP contribution in [0, 0.1) is 0 Å². The van der Waals surface area contributed by atoms with Gasteiger partial charge in [-0.25, -0.2) is 0 Å². The fourth-order valence-corrected chi connectivity index (χ4v) is 3.35. The maximum absolute atomic E-state index is 11.7. The highest BCUT2D eigenvalue weighted by atomic mass is 79.9. The molecule has 106 valence electrons. The Labute approximate surface area is 133 Å². The van der Waals surface area contributed by atoms with E-state index in [2.05, 4.69) is 31.4 Å². The van der Waals surface area contributed by atoms with E-state index in [4.69, 9.17) is 4.74 Å². The monoisotopic (exact) mass is 373 g/mol. The first-order chi connectivity index (χ1) is 9.67. The molecule has 1 N–H and O–H groups in total. The molecule has 0 bridgehead atoms. The molecule has 2 rings (SSSR count). The van der Waals surface area contributed by atoms with E-state index in [1.807, 2.05) is 19.1 Å². The lowest BCUT2D eigenvalue weighted by molar-refractivity contribution is -0.118. The quantitative estimate of drug-likeness (QED) is 0.620. The van der Waals surface area contributed by atoms with E-state index in [9.17, 15) is 4.79 Å². The van der Waals surface area contributed by atoms with Crippen LogP contribution in [-0.4, -0.2) is 28.5 Å². The van der Waals surface area contributed by atoms with Crippen LogP contribution in [0.3, 0.4) is 0 Å². The van der Waals surface area contributed by atoms with Gasteiger partial charge in [-0.3, -0.25) is 10.1 Å². The van der Waals surface area contributed by atoms with E-state index in [0.29, 0.717) is 10.9 Å². The van der Waals surface area contributed by atoms with Crippen molar-refractivity contribution in [2.45, 2.75) is 11.3 Å². The minimum absolute atomic E-state index is 0.0632. The second-order valence-electron chi connectivity index (χ2n) is 3.60. The van der Waals surface area contributed by atoms with Crippen LogP contribution >= 0.6 is 39.0 Å². The standard InChI is InChI=1S/C12H12BrN3O2S2/c1-2-19-12-16-15-11(20-12)14-10(17)7-18-9-5-3-4-8(13)6-9/h3-6H,2,7H2,1H3,(H,14,15,17). The van der Waals surface area contributed by atoms with Crippen molar-refractivity contribution in [3.05, 3.63) is 28.7 Å². The van der Waals surface area contributed by atoms with Crippen molar-refractivity contribution >= 4 is 50.1 Å². The van der Waals surface area contributed by atoms with Gasteiger partial charge >= 0.3 is 0 Å². The molecule has 1 aromatic carbocycles. The maximum Gasteiger partial charge on any atom is 0.264 e. The van der Waals surface area contributed by atoms with Crippen molar-refractivity contribution in [3.63, 3.8) is 0 Å². The van der Waals surface area contributed by atoms with Gasteiger partial charge in [0.2, 0.25) is 5.13 Å². The van der Waals surface area contributed by atoms with E-state index >= 15 is 0 Å². The number of hydrogen-bond acceptors (Lipinski definition) is 6. The number of ether oxygens (including phenoxy) is 1. The van der Waals surface area contributed by atoms with Crippen LogP contribution in [0.1, 0.15) is 6.92 Å². The van der Waals surface area contributed by atoms with Gasteiger partial charge in [0.25, 0.3) is 5.91 Å². The smallest absolute Gasteiger partial charge is 0.264 e. The highest BCUT2D eigenvalue weighted by Gasteiger charge is 2.09. The summed E-state index contributed by atoms with van der Waals surface area (Å²) in [5.41, 5.74) is 0. The Hall–Kier alpha value is -1.12. The minimum atomic E-state index is -0.255. The summed E-state index contributed by atoms with van der Waals surface area (Å²) in [7, 11) is 0. The van der Waals surface area contributed by atoms with Gasteiger partial charge in [-0.05, 0) is 24.0 Å². The third-order valence-electron chi connectivity index (χ3n) is 2.09. The lowest BCUT2D eigenvalue weighted by Crippen LogP contribution is -2.20. The molecule has 0 spiro atoms. The maximum atomic E-state index is 11.7. The summed E-state index contributed by atoms with van der Waals surface area (Å²) in [6.45, 7) is 1.97. The number of benzene rings is 1. The number of halogens is 1. The number of aromatic nitrogens is 2. The summed E-state index contributed by atoms with van der Waals surface area (Å²) in [5.74, 6) is 1.30.